The molecule has 0 aliphatic rings. The average Bonchev–Trinajstić information content (AvgIpc) is 2.72. The zero-order valence-corrected chi connectivity index (χ0v) is 18.9. The van der Waals surface area contributed by atoms with Gasteiger partial charge in [0.05, 0.1) is 5.75 Å². The molecule has 0 aliphatic heterocycles. The minimum Gasteiger partial charge on any atom is -0.354 e. The third kappa shape index (κ3) is 7.41. The predicted octanol–water partition coefficient (Wildman–Crippen LogP) is 5.07. The van der Waals surface area contributed by atoms with Gasteiger partial charge in [0.15, 0.2) is 0 Å². The lowest BCUT2D eigenvalue weighted by atomic mass is 10.1. The van der Waals surface area contributed by atoms with Crippen LogP contribution >= 0.6 is 23.4 Å². The molecule has 2 amide bonds. The first-order valence-corrected chi connectivity index (χ1v) is 11.3. The van der Waals surface area contributed by atoms with Crippen molar-refractivity contribution in [1.29, 1.82) is 0 Å². The number of thioether (sulfide) groups is 1. The van der Waals surface area contributed by atoms with Crippen LogP contribution in [0.3, 0.4) is 0 Å². The highest BCUT2D eigenvalue weighted by molar-refractivity contribution is 8.00. The summed E-state index contributed by atoms with van der Waals surface area (Å²) in [5.41, 5.74) is 2.18. The maximum atomic E-state index is 13.1. The molecule has 0 aromatic heterocycles. The average molecular weight is 433 g/mol. The second kappa shape index (κ2) is 11.9. The Morgan fingerprint density at radius 1 is 1.07 bits per heavy atom. The molecule has 1 unspecified atom stereocenters. The number of hydrogen-bond acceptors (Lipinski definition) is 3. The molecule has 0 heterocycles. The fraction of sp³-hybridized carbons (Fsp3) is 0.391. The van der Waals surface area contributed by atoms with Crippen molar-refractivity contribution in [3.8, 4) is 0 Å². The van der Waals surface area contributed by atoms with E-state index in [1.807, 2.05) is 69.3 Å². The predicted molar refractivity (Wildman–Crippen MR) is 121 cm³/mol. The van der Waals surface area contributed by atoms with Gasteiger partial charge < -0.3 is 10.2 Å². The van der Waals surface area contributed by atoms with Crippen LogP contribution in [0.2, 0.25) is 5.02 Å². The van der Waals surface area contributed by atoms with E-state index in [2.05, 4.69) is 5.32 Å². The zero-order chi connectivity index (χ0) is 21.2. The number of hydrogen-bond donors (Lipinski definition) is 1. The highest BCUT2D eigenvalue weighted by atomic mass is 35.5. The van der Waals surface area contributed by atoms with Gasteiger partial charge in [-0.2, -0.15) is 0 Å². The number of carbonyl (C=O) groups is 2. The smallest absolute Gasteiger partial charge is 0.242 e. The Morgan fingerprint density at radius 3 is 2.31 bits per heavy atom. The van der Waals surface area contributed by atoms with Crippen LogP contribution in [0.25, 0.3) is 0 Å². The lowest BCUT2D eigenvalue weighted by molar-refractivity contribution is -0.139. The van der Waals surface area contributed by atoms with E-state index >= 15 is 0 Å². The molecule has 6 heteroatoms. The third-order valence-corrected chi connectivity index (χ3v) is 5.83. The van der Waals surface area contributed by atoms with Crippen molar-refractivity contribution >= 4 is 35.2 Å². The number of rotatable bonds is 10. The summed E-state index contributed by atoms with van der Waals surface area (Å²) in [5, 5.41) is 3.61. The van der Waals surface area contributed by atoms with Crippen LogP contribution in [0.15, 0.2) is 53.4 Å². The fourth-order valence-corrected chi connectivity index (χ4v) is 3.84. The Morgan fingerprint density at radius 2 is 1.72 bits per heavy atom. The van der Waals surface area contributed by atoms with Gasteiger partial charge in [0.1, 0.15) is 6.04 Å². The van der Waals surface area contributed by atoms with Gasteiger partial charge >= 0.3 is 0 Å². The number of carbonyl (C=O) groups excluding carboxylic acids is 2. The quantitative estimate of drug-likeness (QED) is 0.533. The first-order valence-electron chi connectivity index (χ1n) is 9.95. The number of halogens is 1. The molecule has 0 radical (unpaired) electrons. The molecule has 1 N–H and O–H groups in total. The maximum absolute atomic E-state index is 13.1. The molecule has 0 bridgehead atoms. The van der Waals surface area contributed by atoms with Crippen molar-refractivity contribution in [2.75, 3.05) is 12.3 Å². The van der Waals surface area contributed by atoms with E-state index in [4.69, 9.17) is 11.6 Å². The van der Waals surface area contributed by atoms with Crippen molar-refractivity contribution < 1.29 is 9.59 Å². The van der Waals surface area contributed by atoms with Crippen molar-refractivity contribution in [3.63, 3.8) is 0 Å². The van der Waals surface area contributed by atoms with Crippen LogP contribution in [0, 0.1) is 6.92 Å². The van der Waals surface area contributed by atoms with Gasteiger partial charge in [0, 0.05) is 23.0 Å². The molecule has 156 valence electrons. The van der Waals surface area contributed by atoms with E-state index < -0.39 is 6.04 Å². The van der Waals surface area contributed by atoms with Gasteiger partial charge in [-0.15, -0.1) is 11.8 Å². The molecule has 0 fully saturated rings. The van der Waals surface area contributed by atoms with Gasteiger partial charge in [0.2, 0.25) is 11.8 Å². The van der Waals surface area contributed by atoms with E-state index in [1.165, 1.54) is 11.8 Å². The van der Waals surface area contributed by atoms with Crippen LogP contribution in [0.4, 0.5) is 0 Å². The standard InChI is InChI=1S/C23H29ClN2O2S/c1-4-14-25-23(28)21(5-2)26(15-18-8-6-17(3)7-9-18)22(27)16-29-20-12-10-19(24)11-13-20/h6-13,21H,4-5,14-16H2,1-3H3,(H,25,28). The summed E-state index contributed by atoms with van der Waals surface area (Å²) in [6.07, 6.45) is 1.43. The number of nitrogens with zero attached hydrogens (tertiary/aromatic N) is 1. The summed E-state index contributed by atoms with van der Waals surface area (Å²) in [6.45, 7) is 7.01. The molecule has 4 nitrogen and oxygen atoms in total. The first-order chi connectivity index (χ1) is 13.9. The maximum Gasteiger partial charge on any atom is 0.242 e. The third-order valence-electron chi connectivity index (χ3n) is 4.58. The summed E-state index contributed by atoms with van der Waals surface area (Å²) in [7, 11) is 0. The van der Waals surface area contributed by atoms with Gasteiger partial charge in [-0.25, -0.2) is 0 Å². The topological polar surface area (TPSA) is 49.4 Å². The Hall–Kier alpha value is -1.98. The molecule has 0 saturated heterocycles. The Kier molecular flexibility index (Phi) is 9.55. The first kappa shape index (κ1) is 23.3. The van der Waals surface area contributed by atoms with Gasteiger partial charge in [-0.1, -0.05) is 55.3 Å². The molecule has 0 aliphatic carbocycles. The second-order valence-corrected chi connectivity index (χ2v) is 8.45. The largest absolute Gasteiger partial charge is 0.354 e. The summed E-state index contributed by atoms with van der Waals surface area (Å²) < 4.78 is 0. The highest BCUT2D eigenvalue weighted by Crippen LogP contribution is 2.22. The minimum atomic E-state index is -0.485. The molecule has 0 saturated carbocycles. The highest BCUT2D eigenvalue weighted by Gasteiger charge is 2.28. The monoisotopic (exact) mass is 432 g/mol. The van der Waals surface area contributed by atoms with E-state index in [-0.39, 0.29) is 17.6 Å². The zero-order valence-electron chi connectivity index (χ0n) is 17.3. The Bertz CT molecular complexity index is 794. The molecular weight excluding hydrogens is 404 g/mol. The number of aryl methyl sites for hydroxylation is 1. The Labute approximate surface area is 183 Å². The molecular formula is C23H29ClN2O2S. The molecule has 2 aromatic rings. The fourth-order valence-electron chi connectivity index (χ4n) is 2.93. The molecule has 0 spiro atoms. The van der Waals surface area contributed by atoms with Crippen LogP contribution in [-0.2, 0) is 16.1 Å². The summed E-state index contributed by atoms with van der Waals surface area (Å²) in [4.78, 5) is 28.5. The van der Waals surface area contributed by atoms with E-state index in [9.17, 15) is 9.59 Å². The summed E-state index contributed by atoms with van der Waals surface area (Å²) >= 11 is 7.39. The van der Waals surface area contributed by atoms with Crippen molar-refractivity contribution in [2.24, 2.45) is 0 Å². The molecule has 2 aromatic carbocycles. The molecule has 29 heavy (non-hydrogen) atoms. The van der Waals surface area contributed by atoms with E-state index in [0.29, 0.717) is 24.5 Å². The van der Waals surface area contributed by atoms with Crippen LogP contribution in [-0.4, -0.2) is 35.1 Å². The number of benzene rings is 2. The number of nitrogens with one attached hydrogen (secondary N) is 1. The van der Waals surface area contributed by atoms with E-state index in [0.717, 1.165) is 22.4 Å². The summed E-state index contributed by atoms with van der Waals surface area (Å²) in [6, 6.07) is 15.0. The minimum absolute atomic E-state index is 0.0518. The lowest BCUT2D eigenvalue weighted by Gasteiger charge is -2.30. The van der Waals surface area contributed by atoms with Gasteiger partial charge in [-0.05, 0) is 49.6 Å². The van der Waals surface area contributed by atoms with Crippen LogP contribution < -0.4 is 5.32 Å². The molecule has 2 rings (SSSR count). The van der Waals surface area contributed by atoms with E-state index in [1.54, 1.807) is 4.90 Å². The lowest BCUT2D eigenvalue weighted by Crippen LogP contribution is -2.49. The SMILES string of the molecule is CCCNC(=O)C(CC)N(Cc1ccc(C)cc1)C(=O)CSc1ccc(Cl)cc1. The van der Waals surface area contributed by atoms with Gasteiger partial charge in [-0.3, -0.25) is 9.59 Å². The van der Waals surface area contributed by atoms with Crippen molar-refractivity contribution in [3.05, 3.63) is 64.7 Å². The normalized spacial score (nSPS) is 11.7. The van der Waals surface area contributed by atoms with Crippen LogP contribution in [0.5, 0.6) is 0 Å². The summed E-state index contributed by atoms with van der Waals surface area (Å²) in [5.74, 6) is 0.126. The van der Waals surface area contributed by atoms with Crippen molar-refractivity contribution in [2.45, 2.75) is 51.1 Å². The van der Waals surface area contributed by atoms with Crippen LogP contribution in [0.1, 0.15) is 37.8 Å². The number of amides is 2. The Balaban J connectivity index is 2.16. The second-order valence-electron chi connectivity index (χ2n) is 6.96. The van der Waals surface area contributed by atoms with Gasteiger partial charge in [0.25, 0.3) is 0 Å². The molecule has 1 atom stereocenters. The van der Waals surface area contributed by atoms with Crippen molar-refractivity contribution in [1.82, 2.24) is 10.2 Å².